The van der Waals surface area contributed by atoms with Crippen LogP contribution in [0.4, 0.5) is 5.69 Å². The highest BCUT2D eigenvalue weighted by Gasteiger charge is 2.37. The van der Waals surface area contributed by atoms with E-state index in [1.165, 1.54) is 0 Å². The second-order valence-electron chi connectivity index (χ2n) is 9.73. The number of pyridine rings is 1. The van der Waals surface area contributed by atoms with Gasteiger partial charge < -0.3 is 4.90 Å². The van der Waals surface area contributed by atoms with Crippen LogP contribution in [0.15, 0.2) is 110 Å². The van der Waals surface area contributed by atoms with Crippen molar-refractivity contribution in [2.45, 2.75) is 37.9 Å². The molecule has 0 saturated carbocycles. The number of aryl methyl sites for hydroxylation is 1. The molecule has 0 spiro atoms. The first kappa shape index (κ1) is 28.2. The Bertz CT molecular complexity index is 1430. The fourth-order valence-corrected chi connectivity index (χ4v) is 6.66. The van der Waals surface area contributed by atoms with E-state index in [1.54, 1.807) is 24.2 Å². The maximum Gasteiger partial charge on any atom is 0.227 e. The van der Waals surface area contributed by atoms with Gasteiger partial charge >= 0.3 is 0 Å². The highest BCUT2D eigenvalue weighted by Crippen LogP contribution is 2.48. The molecule has 3 aromatic carbocycles. The Kier molecular flexibility index (Phi) is 9.18. The Morgan fingerprint density at radius 2 is 1.68 bits per heavy atom. The third-order valence-corrected chi connectivity index (χ3v) is 8.63. The maximum absolute atomic E-state index is 13.8. The first-order valence-corrected chi connectivity index (χ1v) is 15.1. The maximum atomic E-state index is 13.8. The average Bonchev–Trinajstić information content (AvgIpc) is 3.45. The topological polar surface area (TPSA) is 51.0 Å². The zero-order valence-electron chi connectivity index (χ0n) is 23.5. The number of benzene rings is 2. The van der Waals surface area contributed by atoms with Crippen molar-refractivity contribution in [3.05, 3.63) is 144 Å². The lowest BCUT2D eigenvalue weighted by molar-refractivity contribution is -0.118. The Balaban J connectivity index is 1.44. The predicted octanol–water partition coefficient (Wildman–Crippen LogP) is 7.29. The van der Waals surface area contributed by atoms with E-state index in [-0.39, 0.29) is 5.91 Å². The number of nitrogens with zero attached hydrogens (tertiary/aromatic N) is 4. The van der Waals surface area contributed by atoms with Crippen molar-refractivity contribution in [3.63, 3.8) is 0 Å². The van der Waals surface area contributed by atoms with E-state index >= 15 is 0 Å². The van der Waals surface area contributed by atoms with Gasteiger partial charge in [-0.25, -0.2) is 4.68 Å². The zero-order chi connectivity index (χ0) is 28.5. The van der Waals surface area contributed by atoms with Crippen LogP contribution < -0.4 is 4.90 Å². The van der Waals surface area contributed by atoms with Gasteiger partial charge in [-0.2, -0.15) is 5.10 Å². The van der Waals surface area contributed by atoms with Crippen LogP contribution in [-0.2, 0) is 16.0 Å². The van der Waals surface area contributed by atoms with E-state index < -0.39 is 4.75 Å². The van der Waals surface area contributed by atoms with Crippen molar-refractivity contribution in [1.82, 2.24) is 14.8 Å². The Labute approximate surface area is 247 Å². The van der Waals surface area contributed by atoms with E-state index in [1.807, 2.05) is 59.1 Å². The molecule has 0 saturated heterocycles. The highest BCUT2D eigenvalue weighted by atomic mass is 32.2. The van der Waals surface area contributed by atoms with Crippen LogP contribution >= 0.6 is 11.8 Å². The van der Waals surface area contributed by atoms with E-state index in [0.29, 0.717) is 18.7 Å². The minimum absolute atomic E-state index is 0.0849. The third kappa shape index (κ3) is 6.06. The van der Waals surface area contributed by atoms with Crippen LogP contribution in [0.2, 0.25) is 0 Å². The number of carbonyl (C=O) groups is 1. The molecule has 0 unspecified atom stereocenters. The first-order chi connectivity index (χ1) is 20.2. The van der Waals surface area contributed by atoms with Gasteiger partial charge in [-0.1, -0.05) is 92.2 Å². The monoisotopic (exact) mass is 558 g/mol. The van der Waals surface area contributed by atoms with Crippen molar-refractivity contribution in [2.24, 2.45) is 0 Å². The molecule has 6 heteroatoms. The van der Waals surface area contributed by atoms with Gasteiger partial charge in [0.1, 0.15) is 0 Å². The molecule has 0 radical (unpaired) electrons. The van der Waals surface area contributed by atoms with Crippen LogP contribution in [0, 0.1) is 12.1 Å². The number of hydrogen-bond acceptors (Lipinski definition) is 4. The van der Waals surface area contributed by atoms with Gasteiger partial charge in [0.15, 0.2) is 0 Å². The Morgan fingerprint density at radius 3 is 2.27 bits per heavy atom. The lowest BCUT2D eigenvalue weighted by Gasteiger charge is -2.34. The molecule has 0 bridgehead atoms. The van der Waals surface area contributed by atoms with E-state index in [2.05, 4.69) is 78.6 Å². The second-order valence-corrected chi connectivity index (χ2v) is 11.0. The van der Waals surface area contributed by atoms with Crippen LogP contribution in [-0.4, -0.2) is 33.0 Å². The summed E-state index contributed by atoms with van der Waals surface area (Å²) in [6.07, 6.45) is 7.62. The summed E-state index contributed by atoms with van der Waals surface area (Å²) in [5.41, 5.74) is 5.99. The molecule has 5 nitrogen and oxygen atoms in total. The zero-order valence-corrected chi connectivity index (χ0v) is 24.3. The van der Waals surface area contributed by atoms with Crippen LogP contribution in [0.5, 0.6) is 0 Å². The molecule has 5 aromatic rings. The van der Waals surface area contributed by atoms with Crippen molar-refractivity contribution in [2.75, 3.05) is 17.2 Å². The predicted molar refractivity (Wildman–Crippen MR) is 167 cm³/mol. The Morgan fingerprint density at radius 1 is 0.951 bits per heavy atom. The SMILES string of the molecule is CCCc1nn(-c2cccnc2)cc1N(CC)C(=O)CCSC(c1c#cccc1)(c1ccccc1)c1ccccc1. The van der Waals surface area contributed by atoms with Gasteiger partial charge in [0.25, 0.3) is 0 Å². The van der Waals surface area contributed by atoms with Gasteiger partial charge in [-0.15, -0.1) is 11.8 Å². The summed E-state index contributed by atoms with van der Waals surface area (Å²) < 4.78 is 1.30. The fraction of sp³-hybridized carbons (Fsp3) is 0.229. The standard InChI is InChI=1S/C35H34N4OS/c1-3-15-32-33(27-39(37-32)31-22-14-24-36-26-31)38(4-2)34(40)23-25-41-35(28-16-8-5-9-17-28,29-18-10-6-11-19-29)30-20-12-7-13-21-30/h5-12,14,16-20,22,24,26-27H,3-4,15,23,25H2,1-2H3. The number of rotatable bonds is 12. The normalized spacial score (nSPS) is 11.2. The minimum atomic E-state index is -0.532. The summed E-state index contributed by atoms with van der Waals surface area (Å²) in [4.78, 5) is 19.9. The van der Waals surface area contributed by atoms with Crippen molar-refractivity contribution in [3.8, 4) is 5.69 Å². The van der Waals surface area contributed by atoms with E-state index in [0.717, 1.165) is 46.6 Å². The van der Waals surface area contributed by atoms with Crippen molar-refractivity contribution < 1.29 is 4.79 Å². The number of hydrogen-bond donors (Lipinski definition) is 0. The Hall–Kier alpha value is -4.34. The van der Waals surface area contributed by atoms with Gasteiger partial charge in [-0.3, -0.25) is 9.78 Å². The van der Waals surface area contributed by atoms with Crippen LogP contribution in [0.3, 0.4) is 0 Å². The van der Waals surface area contributed by atoms with Gasteiger partial charge in [0, 0.05) is 30.5 Å². The first-order valence-electron chi connectivity index (χ1n) is 14.1. The number of anilines is 1. The largest absolute Gasteiger partial charge is 0.310 e. The molecule has 0 aliphatic heterocycles. The molecule has 0 N–H and O–H groups in total. The molecule has 2 heterocycles. The van der Waals surface area contributed by atoms with Gasteiger partial charge in [0.05, 0.1) is 34.2 Å². The highest BCUT2D eigenvalue weighted by molar-refractivity contribution is 8.00. The van der Waals surface area contributed by atoms with Crippen LogP contribution in [0.1, 0.15) is 49.1 Å². The van der Waals surface area contributed by atoms with E-state index in [4.69, 9.17) is 5.10 Å². The molecule has 0 aliphatic carbocycles. The lowest BCUT2D eigenvalue weighted by atomic mass is 9.85. The summed E-state index contributed by atoms with van der Waals surface area (Å²) >= 11 is 1.77. The van der Waals surface area contributed by atoms with Crippen molar-refractivity contribution >= 4 is 23.4 Å². The summed E-state index contributed by atoms with van der Waals surface area (Å²) in [6, 6.07) is 37.4. The van der Waals surface area contributed by atoms with Crippen molar-refractivity contribution in [1.29, 1.82) is 0 Å². The summed E-state index contributed by atoms with van der Waals surface area (Å²) in [5, 5.41) is 4.83. The number of thioether (sulfide) groups is 1. The van der Waals surface area contributed by atoms with Gasteiger partial charge in [-0.05, 0) is 48.7 Å². The van der Waals surface area contributed by atoms with Crippen LogP contribution in [0.25, 0.3) is 5.69 Å². The molecule has 2 aromatic heterocycles. The van der Waals surface area contributed by atoms with Gasteiger partial charge in [0.2, 0.25) is 5.91 Å². The van der Waals surface area contributed by atoms with E-state index in [9.17, 15) is 4.79 Å². The number of carbonyl (C=O) groups excluding carboxylic acids is 1. The molecule has 0 aliphatic rings. The lowest BCUT2D eigenvalue weighted by Crippen LogP contribution is -2.32. The molecule has 0 fully saturated rings. The molecular weight excluding hydrogens is 524 g/mol. The summed E-state index contributed by atoms with van der Waals surface area (Å²) in [5.74, 6) is 0.712. The fourth-order valence-electron chi connectivity index (χ4n) is 5.20. The molecule has 206 valence electrons. The number of aromatic nitrogens is 3. The second kappa shape index (κ2) is 13.3. The molecular formula is C35H34N4OS. The minimum Gasteiger partial charge on any atom is -0.310 e. The third-order valence-electron chi connectivity index (χ3n) is 7.10. The quantitative estimate of drug-likeness (QED) is 0.161. The molecule has 5 rings (SSSR count). The summed E-state index contributed by atoms with van der Waals surface area (Å²) in [6.45, 7) is 4.73. The summed E-state index contributed by atoms with van der Waals surface area (Å²) in [7, 11) is 0. The average molecular weight is 559 g/mol. The molecule has 1 amide bonds. The number of amides is 1. The smallest absolute Gasteiger partial charge is 0.227 e. The molecule has 41 heavy (non-hydrogen) atoms. The molecule has 0 atom stereocenters.